The summed E-state index contributed by atoms with van der Waals surface area (Å²) in [7, 11) is 0. The molecule has 0 atom stereocenters. The average molecular weight is 295 g/mol. The number of aromatic nitrogens is 1. The van der Waals surface area contributed by atoms with Crippen LogP contribution in [0.15, 0.2) is 71.7 Å². The summed E-state index contributed by atoms with van der Waals surface area (Å²) < 4.78 is 14.7. The van der Waals surface area contributed by atoms with Crippen molar-refractivity contribution in [3.8, 4) is 22.6 Å². The number of pyridine rings is 1. The van der Waals surface area contributed by atoms with Crippen LogP contribution in [-0.2, 0) is 6.67 Å². The molecule has 4 heteroatoms. The predicted molar refractivity (Wildman–Crippen MR) is 84.0 cm³/mol. The van der Waals surface area contributed by atoms with Crippen LogP contribution in [0.4, 0.5) is 4.39 Å². The van der Waals surface area contributed by atoms with Gasteiger partial charge in [-0.3, -0.25) is 4.79 Å². The molecule has 1 aromatic heterocycles. The minimum atomic E-state index is -0.787. The number of halogens is 1. The van der Waals surface area contributed by atoms with Crippen LogP contribution in [0.2, 0.25) is 0 Å². The van der Waals surface area contributed by atoms with Crippen molar-refractivity contribution in [1.82, 2.24) is 4.57 Å². The van der Waals surface area contributed by atoms with E-state index in [-0.39, 0.29) is 5.69 Å². The number of hydrogen-bond acceptors (Lipinski definition) is 2. The van der Waals surface area contributed by atoms with Crippen LogP contribution in [0.3, 0.4) is 0 Å². The van der Waals surface area contributed by atoms with Crippen molar-refractivity contribution in [2.75, 3.05) is 0 Å². The maximum Gasteiger partial charge on any atom is 0.223 e. The molecule has 22 heavy (non-hydrogen) atoms. The van der Waals surface area contributed by atoms with E-state index in [0.717, 1.165) is 17.2 Å². The lowest BCUT2D eigenvalue weighted by Gasteiger charge is -2.13. The van der Waals surface area contributed by atoms with Crippen LogP contribution < -0.4 is 5.43 Å². The highest BCUT2D eigenvalue weighted by molar-refractivity contribution is 5.66. The Bertz CT molecular complexity index is 856. The van der Waals surface area contributed by atoms with Gasteiger partial charge in [-0.2, -0.15) is 0 Å². The molecule has 3 nitrogen and oxygen atoms in total. The number of hydrogen-bond donors (Lipinski definition) is 1. The Morgan fingerprint density at radius 2 is 1.68 bits per heavy atom. The molecule has 3 rings (SSSR count). The Morgan fingerprint density at radius 1 is 0.955 bits per heavy atom. The zero-order valence-corrected chi connectivity index (χ0v) is 11.7. The van der Waals surface area contributed by atoms with E-state index in [0.29, 0.717) is 5.69 Å². The molecule has 0 unspecified atom stereocenters. The standard InChI is InChI=1S/C18H14FNO2/c19-11-16-10-17(21)18(22)12-20(16)15-8-4-7-14(9-15)13-5-2-1-3-6-13/h1-10,12,22H,11H2. The van der Waals surface area contributed by atoms with Gasteiger partial charge >= 0.3 is 0 Å². The van der Waals surface area contributed by atoms with Crippen LogP contribution in [0, 0.1) is 0 Å². The zero-order valence-electron chi connectivity index (χ0n) is 11.7. The van der Waals surface area contributed by atoms with E-state index in [4.69, 9.17) is 0 Å². The van der Waals surface area contributed by atoms with Crippen LogP contribution in [-0.4, -0.2) is 9.67 Å². The van der Waals surface area contributed by atoms with Gasteiger partial charge in [0.2, 0.25) is 5.43 Å². The van der Waals surface area contributed by atoms with Gasteiger partial charge < -0.3 is 9.67 Å². The molecule has 3 aromatic rings. The summed E-state index contributed by atoms with van der Waals surface area (Å²) >= 11 is 0. The summed E-state index contributed by atoms with van der Waals surface area (Å²) in [5.41, 5.74) is 2.32. The van der Waals surface area contributed by atoms with E-state index in [2.05, 4.69) is 0 Å². The molecule has 0 bridgehead atoms. The van der Waals surface area contributed by atoms with Crippen LogP contribution in [0.25, 0.3) is 16.8 Å². The Hall–Kier alpha value is -2.88. The maximum absolute atomic E-state index is 13.2. The van der Waals surface area contributed by atoms with E-state index < -0.39 is 17.9 Å². The first-order chi connectivity index (χ1) is 10.7. The van der Waals surface area contributed by atoms with Gasteiger partial charge in [-0.15, -0.1) is 0 Å². The summed E-state index contributed by atoms with van der Waals surface area (Å²) in [6.07, 6.45) is 1.25. The normalized spacial score (nSPS) is 10.6. The zero-order chi connectivity index (χ0) is 15.5. The van der Waals surface area contributed by atoms with Crippen molar-refractivity contribution in [1.29, 1.82) is 0 Å². The fourth-order valence-electron chi connectivity index (χ4n) is 2.37. The molecule has 0 aliphatic carbocycles. The van der Waals surface area contributed by atoms with Crippen molar-refractivity contribution in [3.05, 3.63) is 82.8 Å². The Kier molecular flexibility index (Phi) is 3.74. The first kappa shape index (κ1) is 14.1. The molecular weight excluding hydrogens is 281 g/mol. The predicted octanol–water partition coefficient (Wildman–Crippen LogP) is 3.68. The van der Waals surface area contributed by atoms with Crippen LogP contribution in [0.1, 0.15) is 5.69 Å². The molecule has 0 saturated heterocycles. The molecule has 110 valence electrons. The van der Waals surface area contributed by atoms with Crippen molar-refractivity contribution in [3.63, 3.8) is 0 Å². The van der Waals surface area contributed by atoms with Crippen molar-refractivity contribution < 1.29 is 9.50 Å². The second-order valence-corrected chi connectivity index (χ2v) is 4.93. The summed E-state index contributed by atoms with van der Waals surface area (Å²) in [5, 5.41) is 9.61. The van der Waals surface area contributed by atoms with Gasteiger partial charge in [-0.05, 0) is 23.3 Å². The molecule has 0 spiro atoms. The van der Waals surface area contributed by atoms with Crippen LogP contribution in [0.5, 0.6) is 5.75 Å². The number of benzene rings is 2. The van der Waals surface area contributed by atoms with Gasteiger partial charge in [0.1, 0.15) is 6.67 Å². The van der Waals surface area contributed by atoms with Crippen molar-refractivity contribution in [2.45, 2.75) is 6.67 Å². The molecule has 1 N–H and O–H groups in total. The van der Waals surface area contributed by atoms with E-state index in [1.807, 2.05) is 48.5 Å². The van der Waals surface area contributed by atoms with Gasteiger partial charge in [0.05, 0.1) is 11.9 Å². The van der Waals surface area contributed by atoms with E-state index in [1.165, 1.54) is 10.8 Å². The second-order valence-electron chi connectivity index (χ2n) is 4.93. The third-order valence-electron chi connectivity index (χ3n) is 3.48. The van der Waals surface area contributed by atoms with E-state index in [9.17, 15) is 14.3 Å². The molecule has 0 radical (unpaired) electrons. The number of aromatic hydroxyl groups is 1. The molecule has 2 aromatic carbocycles. The summed E-state index contributed by atoms with van der Waals surface area (Å²) in [6, 6.07) is 18.4. The lowest BCUT2D eigenvalue weighted by Crippen LogP contribution is -2.10. The first-order valence-electron chi connectivity index (χ1n) is 6.85. The minimum Gasteiger partial charge on any atom is -0.503 e. The number of rotatable bonds is 3. The van der Waals surface area contributed by atoms with E-state index >= 15 is 0 Å². The Balaban J connectivity index is 2.14. The number of nitrogens with zero attached hydrogens (tertiary/aromatic N) is 1. The molecular formula is C18H14FNO2. The summed E-state index contributed by atoms with van der Waals surface area (Å²) in [5.74, 6) is -0.401. The lowest BCUT2D eigenvalue weighted by atomic mass is 10.1. The Labute approximate surface area is 126 Å². The quantitative estimate of drug-likeness (QED) is 0.801. The van der Waals surface area contributed by atoms with Gasteiger partial charge in [0.25, 0.3) is 0 Å². The third kappa shape index (κ3) is 2.63. The maximum atomic E-state index is 13.2. The lowest BCUT2D eigenvalue weighted by molar-refractivity contribution is 0.449. The highest BCUT2D eigenvalue weighted by atomic mass is 19.1. The van der Waals surface area contributed by atoms with Crippen molar-refractivity contribution in [2.24, 2.45) is 0 Å². The molecule has 0 aliphatic heterocycles. The fourth-order valence-corrected chi connectivity index (χ4v) is 2.37. The molecule has 0 aliphatic rings. The molecule has 0 amide bonds. The summed E-state index contributed by atoms with van der Waals surface area (Å²) in [4.78, 5) is 11.4. The van der Waals surface area contributed by atoms with Gasteiger partial charge in [-0.25, -0.2) is 4.39 Å². The van der Waals surface area contributed by atoms with Gasteiger partial charge in [-0.1, -0.05) is 42.5 Å². The highest BCUT2D eigenvalue weighted by Crippen LogP contribution is 2.23. The van der Waals surface area contributed by atoms with Crippen molar-refractivity contribution >= 4 is 0 Å². The van der Waals surface area contributed by atoms with E-state index in [1.54, 1.807) is 6.07 Å². The Morgan fingerprint density at radius 3 is 2.41 bits per heavy atom. The molecule has 0 saturated carbocycles. The number of alkyl halides is 1. The molecule has 0 fully saturated rings. The first-order valence-corrected chi connectivity index (χ1v) is 6.85. The van der Waals surface area contributed by atoms with Crippen LogP contribution >= 0.6 is 0 Å². The highest BCUT2D eigenvalue weighted by Gasteiger charge is 2.08. The van der Waals surface area contributed by atoms with Gasteiger partial charge in [0.15, 0.2) is 5.75 Å². The minimum absolute atomic E-state index is 0.202. The monoisotopic (exact) mass is 295 g/mol. The third-order valence-corrected chi connectivity index (χ3v) is 3.48. The molecule has 1 heterocycles. The second kappa shape index (κ2) is 5.85. The summed E-state index contributed by atoms with van der Waals surface area (Å²) in [6.45, 7) is -0.787. The smallest absolute Gasteiger partial charge is 0.223 e. The SMILES string of the molecule is O=c1cc(CF)n(-c2cccc(-c3ccccc3)c2)cc1O. The fraction of sp³-hybridized carbons (Fsp3) is 0.0556. The topological polar surface area (TPSA) is 42.2 Å². The van der Waals surface area contributed by atoms with Gasteiger partial charge in [0, 0.05) is 11.8 Å². The largest absolute Gasteiger partial charge is 0.503 e. The average Bonchev–Trinajstić information content (AvgIpc) is 2.58.